The molecule has 0 bridgehead atoms. The van der Waals surface area contributed by atoms with E-state index in [1.807, 2.05) is 0 Å². The molecule has 3 aromatic carbocycles. The third-order valence-electron chi connectivity index (χ3n) is 6.50. The summed E-state index contributed by atoms with van der Waals surface area (Å²) in [7, 11) is 0. The molecule has 0 nitrogen and oxygen atoms in total. The molecular formula is C26H27F3. The minimum Gasteiger partial charge on any atom is -0.204 e. The van der Waals surface area contributed by atoms with Gasteiger partial charge in [0.1, 0.15) is 0 Å². The fraction of sp³-hybridized carbons (Fsp3) is 0.385. The first-order valence-electron chi connectivity index (χ1n) is 10.7. The van der Waals surface area contributed by atoms with Gasteiger partial charge in [-0.1, -0.05) is 62.6 Å². The van der Waals surface area contributed by atoms with E-state index in [1.165, 1.54) is 56.6 Å². The Morgan fingerprint density at radius 3 is 2.17 bits per heavy atom. The first kappa shape index (κ1) is 20.0. The van der Waals surface area contributed by atoms with Gasteiger partial charge >= 0.3 is 0 Å². The van der Waals surface area contributed by atoms with Crippen LogP contribution in [-0.2, 0) is 0 Å². The zero-order chi connectivity index (χ0) is 20.4. The lowest BCUT2D eigenvalue weighted by Gasteiger charge is -2.29. The van der Waals surface area contributed by atoms with Gasteiger partial charge in [0, 0.05) is 5.39 Å². The largest absolute Gasteiger partial charge is 0.204 e. The van der Waals surface area contributed by atoms with E-state index in [0.29, 0.717) is 11.3 Å². The fourth-order valence-corrected chi connectivity index (χ4v) is 4.71. The standard InChI is InChI=1S/C26H27F3/c1-2-3-4-17-5-7-18(8-6-17)19-9-11-20(12-10-19)21-13-14-23-22(15-21)16-24(27)26(29)25(23)28/h9-18H,2-8H2,1H3/t17-,18-. The number of hydrogen-bond acceptors (Lipinski definition) is 0. The Kier molecular flexibility index (Phi) is 5.94. The first-order valence-corrected chi connectivity index (χ1v) is 10.7. The Morgan fingerprint density at radius 2 is 1.48 bits per heavy atom. The van der Waals surface area contributed by atoms with Crippen LogP contribution in [0, 0.1) is 23.4 Å². The Hall–Kier alpha value is -2.29. The van der Waals surface area contributed by atoms with Crippen LogP contribution in [0.1, 0.15) is 63.4 Å². The van der Waals surface area contributed by atoms with E-state index >= 15 is 0 Å². The van der Waals surface area contributed by atoms with Crippen LogP contribution in [0.2, 0.25) is 0 Å². The van der Waals surface area contributed by atoms with Crippen molar-refractivity contribution in [2.75, 3.05) is 0 Å². The predicted octanol–water partition coefficient (Wildman–Crippen LogP) is 8.39. The molecule has 0 heterocycles. The summed E-state index contributed by atoms with van der Waals surface area (Å²) >= 11 is 0. The zero-order valence-corrected chi connectivity index (χ0v) is 16.9. The summed E-state index contributed by atoms with van der Waals surface area (Å²) in [5, 5.41) is 0.470. The van der Waals surface area contributed by atoms with E-state index in [9.17, 15) is 13.2 Å². The SMILES string of the molecule is CCCC[C@H]1CC[C@H](c2ccc(-c3ccc4c(F)c(F)c(F)cc4c3)cc2)CC1. The van der Waals surface area contributed by atoms with Crippen LogP contribution in [0.15, 0.2) is 48.5 Å². The van der Waals surface area contributed by atoms with Gasteiger partial charge in [-0.2, -0.15) is 0 Å². The van der Waals surface area contributed by atoms with Gasteiger partial charge in [-0.25, -0.2) is 13.2 Å². The zero-order valence-electron chi connectivity index (χ0n) is 16.9. The maximum atomic E-state index is 13.9. The summed E-state index contributed by atoms with van der Waals surface area (Å²) in [5.41, 5.74) is 3.25. The van der Waals surface area contributed by atoms with Crippen molar-refractivity contribution in [2.45, 2.75) is 57.8 Å². The van der Waals surface area contributed by atoms with E-state index in [1.54, 1.807) is 12.1 Å². The van der Waals surface area contributed by atoms with Gasteiger partial charge in [0.2, 0.25) is 0 Å². The van der Waals surface area contributed by atoms with Gasteiger partial charge < -0.3 is 0 Å². The monoisotopic (exact) mass is 396 g/mol. The molecule has 0 N–H and O–H groups in total. The van der Waals surface area contributed by atoms with Crippen molar-refractivity contribution in [3.8, 4) is 11.1 Å². The molecule has 0 unspecified atom stereocenters. The predicted molar refractivity (Wildman–Crippen MR) is 113 cm³/mol. The van der Waals surface area contributed by atoms with Crippen molar-refractivity contribution in [2.24, 2.45) is 5.92 Å². The molecule has 3 aromatic rings. The smallest absolute Gasteiger partial charge is 0.195 e. The quantitative estimate of drug-likeness (QED) is 0.380. The average molecular weight is 396 g/mol. The maximum Gasteiger partial charge on any atom is 0.195 e. The van der Waals surface area contributed by atoms with Gasteiger partial charge in [-0.15, -0.1) is 0 Å². The second-order valence-corrected chi connectivity index (χ2v) is 8.40. The summed E-state index contributed by atoms with van der Waals surface area (Å²) in [6, 6.07) is 14.6. The summed E-state index contributed by atoms with van der Waals surface area (Å²) in [6.07, 6.45) is 9.16. The molecule has 1 fully saturated rings. The van der Waals surface area contributed by atoms with Crippen LogP contribution in [0.4, 0.5) is 13.2 Å². The number of halogens is 3. The molecule has 0 spiro atoms. The van der Waals surface area contributed by atoms with Crippen LogP contribution in [-0.4, -0.2) is 0 Å². The normalized spacial score (nSPS) is 19.6. The Morgan fingerprint density at radius 1 is 0.793 bits per heavy atom. The van der Waals surface area contributed by atoms with E-state index in [4.69, 9.17) is 0 Å². The molecule has 1 aliphatic rings. The highest BCUT2D eigenvalue weighted by Gasteiger charge is 2.22. The topological polar surface area (TPSA) is 0 Å². The van der Waals surface area contributed by atoms with Gasteiger partial charge in [-0.3, -0.25) is 0 Å². The second kappa shape index (κ2) is 8.61. The molecule has 0 radical (unpaired) electrons. The Labute approximate surface area is 170 Å². The molecule has 0 aromatic heterocycles. The summed E-state index contributed by atoms with van der Waals surface area (Å²) in [4.78, 5) is 0. The van der Waals surface area contributed by atoms with Crippen molar-refractivity contribution in [1.82, 2.24) is 0 Å². The van der Waals surface area contributed by atoms with Crippen LogP contribution < -0.4 is 0 Å². The van der Waals surface area contributed by atoms with Crippen molar-refractivity contribution in [3.05, 3.63) is 71.5 Å². The van der Waals surface area contributed by atoms with Gasteiger partial charge in [0.05, 0.1) is 0 Å². The molecule has 4 rings (SSSR count). The summed E-state index contributed by atoms with van der Waals surface area (Å²) < 4.78 is 41.0. The van der Waals surface area contributed by atoms with Crippen LogP contribution in [0.25, 0.3) is 21.9 Å². The molecule has 0 atom stereocenters. The Balaban J connectivity index is 1.50. The van der Waals surface area contributed by atoms with Gasteiger partial charge in [-0.05, 0) is 71.7 Å². The van der Waals surface area contributed by atoms with Crippen molar-refractivity contribution in [3.63, 3.8) is 0 Å². The van der Waals surface area contributed by atoms with Gasteiger partial charge in [0.15, 0.2) is 17.5 Å². The lowest BCUT2D eigenvalue weighted by atomic mass is 9.77. The van der Waals surface area contributed by atoms with Crippen LogP contribution in [0.3, 0.4) is 0 Å². The number of fused-ring (bicyclic) bond motifs is 1. The third kappa shape index (κ3) is 4.19. The van der Waals surface area contributed by atoms with Gasteiger partial charge in [0.25, 0.3) is 0 Å². The van der Waals surface area contributed by atoms with Crippen molar-refractivity contribution < 1.29 is 13.2 Å². The number of unbranched alkanes of at least 4 members (excludes halogenated alkanes) is 1. The minimum absolute atomic E-state index is 0.101. The van der Waals surface area contributed by atoms with Crippen LogP contribution >= 0.6 is 0 Å². The first-order chi connectivity index (χ1) is 14.1. The molecule has 29 heavy (non-hydrogen) atoms. The highest BCUT2D eigenvalue weighted by molar-refractivity contribution is 5.88. The number of benzene rings is 3. The Bertz CT molecular complexity index is 983. The maximum absolute atomic E-state index is 13.9. The fourth-order valence-electron chi connectivity index (χ4n) is 4.71. The van der Waals surface area contributed by atoms with E-state index in [2.05, 4.69) is 31.2 Å². The van der Waals surface area contributed by atoms with E-state index in [0.717, 1.165) is 23.1 Å². The minimum atomic E-state index is -1.42. The van der Waals surface area contributed by atoms with E-state index < -0.39 is 17.5 Å². The molecule has 3 heteroatoms. The number of rotatable bonds is 5. The lowest BCUT2D eigenvalue weighted by Crippen LogP contribution is -2.13. The average Bonchev–Trinajstić information content (AvgIpc) is 2.76. The second-order valence-electron chi connectivity index (χ2n) is 8.40. The highest BCUT2D eigenvalue weighted by Crippen LogP contribution is 2.38. The number of hydrogen-bond donors (Lipinski definition) is 0. The molecular weight excluding hydrogens is 369 g/mol. The van der Waals surface area contributed by atoms with Crippen molar-refractivity contribution in [1.29, 1.82) is 0 Å². The summed E-state index contributed by atoms with van der Waals surface area (Å²) in [6.45, 7) is 2.26. The molecule has 152 valence electrons. The third-order valence-corrected chi connectivity index (χ3v) is 6.50. The van der Waals surface area contributed by atoms with Crippen LogP contribution in [0.5, 0.6) is 0 Å². The molecule has 1 saturated carbocycles. The lowest BCUT2D eigenvalue weighted by molar-refractivity contribution is 0.304. The van der Waals surface area contributed by atoms with E-state index in [-0.39, 0.29) is 5.39 Å². The molecule has 0 saturated heterocycles. The molecule has 1 aliphatic carbocycles. The molecule has 0 amide bonds. The summed E-state index contributed by atoms with van der Waals surface area (Å²) in [5.74, 6) is -2.18. The molecule has 0 aliphatic heterocycles. The van der Waals surface area contributed by atoms with Crippen molar-refractivity contribution >= 4 is 10.8 Å². The highest BCUT2D eigenvalue weighted by atomic mass is 19.2.